The first kappa shape index (κ1) is 19.2. The molecule has 7 heteroatoms. The van der Waals surface area contributed by atoms with Gasteiger partial charge >= 0.3 is 0 Å². The summed E-state index contributed by atoms with van der Waals surface area (Å²) in [4.78, 5) is 31.1. The van der Waals surface area contributed by atoms with E-state index in [1.165, 1.54) is 34.0 Å². The molecule has 0 unspecified atom stereocenters. The number of anilines is 1. The minimum atomic E-state index is -0.481. The lowest BCUT2D eigenvalue weighted by Crippen LogP contribution is -2.37. The molecule has 0 aliphatic carbocycles. The van der Waals surface area contributed by atoms with Crippen molar-refractivity contribution in [3.63, 3.8) is 0 Å². The van der Waals surface area contributed by atoms with E-state index >= 15 is 0 Å². The van der Waals surface area contributed by atoms with Crippen LogP contribution in [-0.4, -0.2) is 22.0 Å². The molecule has 1 heterocycles. The van der Waals surface area contributed by atoms with Crippen LogP contribution >= 0.6 is 0 Å². The number of hydrogen-bond donors (Lipinski definition) is 0. The van der Waals surface area contributed by atoms with Crippen LogP contribution in [0.2, 0.25) is 0 Å². The number of amides is 1. The maximum Gasteiger partial charge on any atom is 0.261 e. The Hall–Kier alpha value is -3.53. The number of hydrogen-bond acceptors (Lipinski definition) is 4. The van der Waals surface area contributed by atoms with E-state index in [1.54, 1.807) is 0 Å². The third-order valence-electron chi connectivity index (χ3n) is 4.64. The molecule has 0 saturated carbocycles. The first-order chi connectivity index (χ1) is 13.4. The quantitative estimate of drug-likeness (QED) is 0.683. The second-order valence-electron chi connectivity index (χ2n) is 6.56. The van der Waals surface area contributed by atoms with Crippen molar-refractivity contribution in [3.8, 4) is 6.07 Å². The van der Waals surface area contributed by atoms with E-state index in [9.17, 15) is 14.0 Å². The van der Waals surface area contributed by atoms with Crippen LogP contribution in [0.4, 0.5) is 10.1 Å². The van der Waals surface area contributed by atoms with Gasteiger partial charge in [-0.05, 0) is 49.2 Å². The van der Waals surface area contributed by atoms with Crippen LogP contribution in [0.1, 0.15) is 17.5 Å². The molecule has 28 heavy (non-hydrogen) atoms. The zero-order chi connectivity index (χ0) is 20.3. The molecule has 0 fully saturated rings. The summed E-state index contributed by atoms with van der Waals surface area (Å²) in [5.74, 6) is -0.811. The monoisotopic (exact) mass is 378 g/mol. The number of aromatic nitrogens is 2. The number of nitriles is 1. The van der Waals surface area contributed by atoms with Gasteiger partial charge in [0.05, 0.1) is 29.7 Å². The van der Waals surface area contributed by atoms with Crippen molar-refractivity contribution in [2.75, 3.05) is 11.4 Å². The van der Waals surface area contributed by atoms with Crippen LogP contribution in [0.5, 0.6) is 0 Å². The van der Waals surface area contributed by atoms with Gasteiger partial charge in [0.1, 0.15) is 12.4 Å². The molecule has 1 aromatic heterocycles. The van der Waals surface area contributed by atoms with Crippen molar-refractivity contribution in [2.45, 2.75) is 26.8 Å². The van der Waals surface area contributed by atoms with E-state index in [0.29, 0.717) is 5.69 Å². The van der Waals surface area contributed by atoms with Crippen molar-refractivity contribution >= 4 is 22.5 Å². The normalized spacial score (nSPS) is 10.6. The maximum absolute atomic E-state index is 13.3. The first-order valence-corrected chi connectivity index (χ1v) is 8.80. The Morgan fingerprint density at radius 1 is 1.21 bits per heavy atom. The first-order valence-electron chi connectivity index (χ1n) is 8.80. The summed E-state index contributed by atoms with van der Waals surface area (Å²) < 4.78 is 14.5. The highest BCUT2D eigenvalue weighted by Gasteiger charge is 2.18. The van der Waals surface area contributed by atoms with Crippen molar-refractivity contribution in [2.24, 2.45) is 0 Å². The third-order valence-corrected chi connectivity index (χ3v) is 4.64. The summed E-state index contributed by atoms with van der Waals surface area (Å²) in [6, 6.07) is 11.4. The van der Waals surface area contributed by atoms with E-state index in [2.05, 4.69) is 4.98 Å². The number of fused-ring (bicyclic) bond motifs is 1. The number of halogens is 1. The molecule has 142 valence electrons. The van der Waals surface area contributed by atoms with Crippen molar-refractivity contribution in [3.05, 3.63) is 70.0 Å². The van der Waals surface area contributed by atoms with Gasteiger partial charge in [0.15, 0.2) is 0 Å². The standard InChI is InChI=1S/C21H19FN4O2/c1-14-4-6-17(10-15(14)2)26(9-3-8-23)20(27)12-25-13-24-19-11-16(22)5-7-18(19)21(25)28/h4-7,10-11,13H,3,9,12H2,1-2H3. The minimum absolute atomic E-state index is 0.169. The molecule has 1 amide bonds. The zero-order valence-electron chi connectivity index (χ0n) is 15.6. The molecule has 3 rings (SSSR count). The predicted octanol–water partition coefficient (Wildman–Crippen LogP) is 3.10. The summed E-state index contributed by atoms with van der Waals surface area (Å²) in [5, 5.41) is 9.18. The Kier molecular flexibility index (Phi) is 5.50. The highest BCUT2D eigenvalue weighted by atomic mass is 19.1. The lowest BCUT2D eigenvalue weighted by molar-refractivity contribution is -0.119. The van der Waals surface area contributed by atoms with Crippen LogP contribution in [0, 0.1) is 31.0 Å². The fraction of sp³-hybridized carbons (Fsp3) is 0.238. The molecule has 0 radical (unpaired) electrons. The molecule has 0 saturated heterocycles. The number of carbonyl (C=O) groups excluding carboxylic acids is 1. The van der Waals surface area contributed by atoms with Gasteiger partial charge in [-0.1, -0.05) is 6.07 Å². The van der Waals surface area contributed by atoms with Crippen LogP contribution in [0.25, 0.3) is 10.9 Å². The minimum Gasteiger partial charge on any atom is -0.310 e. The molecule has 0 spiro atoms. The lowest BCUT2D eigenvalue weighted by Gasteiger charge is -2.23. The van der Waals surface area contributed by atoms with E-state index in [1.807, 2.05) is 38.1 Å². The Morgan fingerprint density at radius 2 is 2.00 bits per heavy atom. The number of benzene rings is 2. The predicted molar refractivity (Wildman–Crippen MR) is 104 cm³/mol. The highest BCUT2D eigenvalue weighted by molar-refractivity contribution is 5.93. The molecular formula is C21H19FN4O2. The number of aryl methyl sites for hydroxylation is 2. The summed E-state index contributed by atoms with van der Waals surface area (Å²) in [6.07, 6.45) is 1.41. The van der Waals surface area contributed by atoms with E-state index in [0.717, 1.165) is 11.1 Å². The second-order valence-corrected chi connectivity index (χ2v) is 6.56. The molecule has 2 aromatic carbocycles. The van der Waals surface area contributed by atoms with Gasteiger partial charge in [0.25, 0.3) is 5.56 Å². The molecule has 0 N–H and O–H groups in total. The van der Waals surface area contributed by atoms with E-state index < -0.39 is 11.4 Å². The Morgan fingerprint density at radius 3 is 2.71 bits per heavy atom. The topological polar surface area (TPSA) is 79.0 Å². The van der Waals surface area contributed by atoms with Gasteiger partial charge in [-0.3, -0.25) is 14.2 Å². The lowest BCUT2D eigenvalue weighted by atomic mass is 10.1. The SMILES string of the molecule is Cc1ccc(N(CCC#N)C(=O)Cn2cnc3cc(F)ccc3c2=O)cc1C. The summed E-state index contributed by atoms with van der Waals surface area (Å²) >= 11 is 0. The van der Waals surface area contributed by atoms with Gasteiger partial charge in [0.2, 0.25) is 5.91 Å². The van der Waals surface area contributed by atoms with Crippen molar-refractivity contribution in [1.29, 1.82) is 5.26 Å². The molecule has 0 aliphatic heterocycles. The van der Waals surface area contributed by atoms with E-state index in [4.69, 9.17) is 5.26 Å². The molecule has 0 atom stereocenters. The van der Waals surface area contributed by atoms with Crippen LogP contribution in [0.15, 0.2) is 47.5 Å². The molecule has 6 nitrogen and oxygen atoms in total. The van der Waals surface area contributed by atoms with Gasteiger partial charge < -0.3 is 4.90 Å². The summed E-state index contributed by atoms with van der Waals surface area (Å²) in [5.41, 5.74) is 2.62. The Labute approximate surface area is 161 Å². The van der Waals surface area contributed by atoms with Crippen LogP contribution < -0.4 is 10.5 Å². The fourth-order valence-corrected chi connectivity index (χ4v) is 2.93. The van der Waals surface area contributed by atoms with Gasteiger partial charge in [-0.2, -0.15) is 5.26 Å². The van der Waals surface area contributed by atoms with Crippen LogP contribution in [0.3, 0.4) is 0 Å². The van der Waals surface area contributed by atoms with Crippen molar-refractivity contribution < 1.29 is 9.18 Å². The van der Waals surface area contributed by atoms with Gasteiger partial charge in [-0.25, -0.2) is 9.37 Å². The van der Waals surface area contributed by atoms with Gasteiger partial charge in [0, 0.05) is 18.3 Å². The van der Waals surface area contributed by atoms with Crippen molar-refractivity contribution in [1.82, 2.24) is 9.55 Å². The average Bonchev–Trinajstić information content (AvgIpc) is 2.67. The maximum atomic E-state index is 13.3. The number of nitrogens with zero attached hydrogens (tertiary/aromatic N) is 4. The smallest absolute Gasteiger partial charge is 0.261 e. The highest BCUT2D eigenvalue weighted by Crippen LogP contribution is 2.20. The number of carbonyl (C=O) groups is 1. The molecular weight excluding hydrogens is 359 g/mol. The summed E-state index contributed by atoms with van der Waals surface area (Å²) in [7, 11) is 0. The fourth-order valence-electron chi connectivity index (χ4n) is 2.93. The Balaban J connectivity index is 1.93. The third kappa shape index (κ3) is 3.91. The largest absolute Gasteiger partial charge is 0.310 e. The summed E-state index contributed by atoms with van der Waals surface area (Å²) in [6.45, 7) is 3.92. The molecule has 0 bridgehead atoms. The average molecular weight is 378 g/mol. The molecule has 3 aromatic rings. The Bertz CT molecular complexity index is 1150. The van der Waals surface area contributed by atoms with E-state index in [-0.39, 0.29) is 36.3 Å². The van der Waals surface area contributed by atoms with Crippen LogP contribution in [-0.2, 0) is 11.3 Å². The zero-order valence-corrected chi connectivity index (χ0v) is 15.6. The number of rotatable bonds is 5. The second kappa shape index (κ2) is 8.01. The van der Waals surface area contributed by atoms with Gasteiger partial charge in [-0.15, -0.1) is 0 Å². The molecule has 0 aliphatic rings.